The summed E-state index contributed by atoms with van der Waals surface area (Å²) in [4.78, 5) is 4.35. The van der Waals surface area contributed by atoms with Crippen LogP contribution in [0.5, 0.6) is 0 Å². The van der Waals surface area contributed by atoms with Gasteiger partial charge in [0.2, 0.25) is 0 Å². The number of nitrogens with one attached hydrogen (secondary N) is 1. The first kappa shape index (κ1) is 12.6. The lowest BCUT2D eigenvalue weighted by Gasteiger charge is -2.15. The molecule has 0 spiro atoms. The minimum absolute atomic E-state index is 0.779. The molecule has 0 aromatic carbocycles. The van der Waals surface area contributed by atoms with Crippen LogP contribution in [0.3, 0.4) is 0 Å². The first-order valence-corrected chi connectivity index (χ1v) is 7.08. The van der Waals surface area contributed by atoms with Crippen LogP contribution in [-0.4, -0.2) is 17.6 Å². The van der Waals surface area contributed by atoms with Gasteiger partial charge in [0.25, 0.3) is 0 Å². The second-order valence-electron chi connectivity index (χ2n) is 5.07. The highest BCUT2D eigenvalue weighted by molar-refractivity contribution is 5.03. The zero-order valence-electron chi connectivity index (χ0n) is 10.7. The fraction of sp³-hybridized carbons (Fsp3) is 0.667. The molecule has 1 N–H and O–H groups in total. The van der Waals surface area contributed by atoms with Gasteiger partial charge in [0.15, 0.2) is 0 Å². The second-order valence-corrected chi connectivity index (χ2v) is 5.07. The van der Waals surface area contributed by atoms with Crippen molar-refractivity contribution >= 4 is 0 Å². The first-order chi connectivity index (χ1) is 8.45. The third kappa shape index (κ3) is 4.86. The normalized spacial score (nSPS) is 17.9. The van der Waals surface area contributed by atoms with Crippen molar-refractivity contribution in [2.45, 2.75) is 57.4 Å². The molecule has 0 bridgehead atoms. The summed E-state index contributed by atoms with van der Waals surface area (Å²) in [7, 11) is 0. The minimum atomic E-state index is 0.779. The number of pyridine rings is 1. The van der Waals surface area contributed by atoms with Crippen LogP contribution in [0.15, 0.2) is 24.4 Å². The third-order valence-electron chi connectivity index (χ3n) is 3.62. The van der Waals surface area contributed by atoms with Crippen molar-refractivity contribution < 1.29 is 0 Å². The van der Waals surface area contributed by atoms with E-state index in [0.717, 1.165) is 19.0 Å². The Balaban J connectivity index is 1.59. The van der Waals surface area contributed by atoms with Gasteiger partial charge in [-0.1, -0.05) is 31.7 Å². The largest absolute Gasteiger partial charge is 0.314 e. The van der Waals surface area contributed by atoms with E-state index < -0.39 is 0 Å². The highest BCUT2D eigenvalue weighted by Crippen LogP contribution is 2.17. The number of rotatable bonds is 5. The lowest BCUT2D eigenvalue weighted by molar-refractivity contribution is 0.455. The Hall–Kier alpha value is -0.890. The Morgan fingerprint density at radius 3 is 2.65 bits per heavy atom. The Kier molecular flexibility index (Phi) is 5.50. The molecule has 0 amide bonds. The molecule has 1 aromatic heterocycles. The van der Waals surface area contributed by atoms with Crippen LogP contribution in [0.25, 0.3) is 0 Å². The van der Waals surface area contributed by atoms with Gasteiger partial charge in [0.05, 0.1) is 0 Å². The average molecular weight is 232 g/mol. The molecule has 1 heterocycles. The van der Waals surface area contributed by atoms with Crippen LogP contribution in [0, 0.1) is 0 Å². The molecule has 2 heteroatoms. The van der Waals surface area contributed by atoms with Gasteiger partial charge in [0.1, 0.15) is 0 Å². The topological polar surface area (TPSA) is 24.9 Å². The van der Waals surface area contributed by atoms with Crippen LogP contribution in [0.2, 0.25) is 0 Å². The van der Waals surface area contributed by atoms with Gasteiger partial charge in [0, 0.05) is 17.9 Å². The van der Waals surface area contributed by atoms with E-state index in [2.05, 4.69) is 22.4 Å². The molecule has 1 aliphatic carbocycles. The molecule has 1 aromatic rings. The van der Waals surface area contributed by atoms with E-state index in [-0.39, 0.29) is 0 Å². The first-order valence-electron chi connectivity index (χ1n) is 7.08. The van der Waals surface area contributed by atoms with Crippen LogP contribution < -0.4 is 5.32 Å². The molecule has 0 radical (unpaired) electrons. The van der Waals surface area contributed by atoms with E-state index in [4.69, 9.17) is 0 Å². The van der Waals surface area contributed by atoms with Crippen LogP contribution in [-0.2, 0) is 6.42 Å². The molecule has 2 nitrogen and oxygen atoms in total. The van der Waals surface area contributed by atoms with Crippen molar-refractivity contribution in [1.82, 2.24) is 10.3 Å². The summed E-state index contributed by atoms with van der Waals surface area (Å²) in [5, 5.41) is 3.70. The van der Waals surface area contributed by atoms with E-state index in [9.17, 15) is 0 Å². The van der Waals surface area contributed by atoms with Crippen molar-refractivity contribution in [3.8, 4) is 0 Å². The van der Waals surface area contributed by atoms with E-state index >= 15 is 0 Å². The van der Waals surface area contributed by atoms with Gasteiger partial charge in [-0.05, 0) is 44.4 Å². The molecule has 17 heavy (non-hydrogen) atoms. The molecule has 1 fully saturated rings. The molecule has 0 atom stereocenters. The molecule has 1 aliphatic rings. The summed E-state index contributed by atoms with van der Waals surface area (Å²) in [5.74, 6) is 0. The summed E-state index contributed by atoms with van der Waals surface area (Å²) >= 11 is 0. The summed E-state index contributed by atoms with van der Waals surface area (Å²) in [6.45, 7) is 1.14. The zero-order valence-corrected chi connectivity index (χ0v) is 10.7. The fourth-order valence-corrected chi connectivity index (χ4v) is 2.61. The number of aryl methyl sites for hydroxylation is 1. The third-order valence-corrected chi connectivity index (χ3v) is 3.62. The highest BCUT2D eigenvalue weighted by Gasteiger charge is 2.10. The second kappa shape index (κ2) is 7.44. The van der Waals surface area contributed by atoms with Crippen molar-refractivity contribution in [2.24, 2.45) is 0 Å². The minimum Gasteiger partial charge on any atom is -0.314 e. The maximum Gasteiger partial charge on any atom is 0.0404 e. The Bertz CT molecular complexity index is 289. The molecule has 0 saturated heterocycles. The van der Waals surface area contributed by atoms with Gasteiger partial charge in [-0.3, -0.25) is 4.98 Å². The van der Waals surface area contributed by atoms with Crippen LogP contribution in [0.1, 0.15) is 50.6 Å². The van der Waals surface area contributed by atoms with Gasteiger partial charge >= 0.3 is 0 Å². The quantitative estimate of drug-likeness (QED) is 0.622. The van der Waals surface area contributed by atoms with Crippen molar-refractivity contribution in [1.29, 1.82) is 0 Å². The maximum absolute atomic E-state index is 4.35. The molecule has 2 rings (SSSR count). The monoisotopic (exact) mass is 232 g/mol. The molecular formula is C15H24N2. The van der Waals surface area contributed by atoms with E-state index in [1.807, 2.05) is 12.3 Å². The summed E-state index contributed by atoms with van der Waals surface area (Å²) in [6.07, 6.45) is 12.6. The fourth-order valence-electron chi connectivity index (χ4n) is 2.61. The standard InChI is InChI=1S/C15H24N2/c1-2-4-9-14(8-3-1)17-13-7-11-15-10-5-6-12-16-15/h5-6,10,12,14,17H,1-4,7-9,11,13H2. The van der Waals surface area contributed by atoms with Gasteiger partial charge < -0.3 is 5.32 Å². The summed E-state index contributed by atoms with van der Waals surface area (Å²) in [6, 6.07) is 6.95. The Morgan fingerprint density at radius 2 is 1.94 bits per heavy atom. The Labute approximate surface area is 105 Å². The SMILES string of the molecule is c1ccc(CCCNC2CCCCCC2)nc1. The number of hydrogen-bond acceptors (Lipinski definition) is 2. The molecule has 1 saturated carbocycles. The van der Waals surface area contributed by atoms with Crippen molar-refractivity contribution in [3.05, 3.63) is 30.1 Å². The molecule has 0 aliphatic heterocycles. The number of hydrogen-bond donors (Lipinski definition) is 1. The summed E-state index contributed by atoms with van der Waals surface area (Å²) in [5.41, 5.74) is 1.22. The predicted molar refractivity (Wildman–Crippen MR) is 72.1 cm³/mol. The van der Waals surface area contributed by atoms with Crippen LogP contribution >= 0.6 is 0 Å². The van der Waals surface area contributed by atoms with Gasteiger partial charge in [-0.2, -0.15) is 0 Å². The van der Waals surface area contributed by atoms with Gasteiger partial charge in [-0.15, -0.1) is 0 Å². The van der Waals surface area contributed by atoms with E-state index in [1.54, 1.807) is 0 Å². The Morgan fingerprint density at radius 1 is 1.12 bits per heavy atom. The van der Waals surface area contributed by atoms with E-state index in [1.165, 1.54) is 50.6 Å². The summed E-state index contributed by atoms with van der Waals surface area (Å²) < 4.78 is 0. The van der Waals surface area contributed by atoms with E-state index in [0.29, 0.717) is 0 Å². The maximum atomic E-state index is 4.35. The van der Waals surface area contributed by atoms with Crippen molar-refractivity contribution in [3.63, 3.8) is 0 Å². The smallest absolute Gasteiger partial charge is 0.0404 e. The molecular weight excluding hydrogens is 208 g/mol. The predicted octanol–water partition coefficient (Wildman–Crippen LogP) is 3.33. The highest BCUT2D eigenvalue weighted by atomic mass is 14.9. The average Bonchev–Trinajstić information content (AvgIpc) is 2.65. The lowest BCUT2D eigenvalue weighted by Crippen LogP contribution is -2.29. The lowest BCUT2D eigenvalue weighted by atomic mass is 10.1. The van der Waals surface area contributed by atoms with Crippen LogP contribution in [0.4, 0.5) is 0 Å². The van der Waals surface area contributed by atoms with Crippen molar-refractivity contribution in [2.75, 3.05) is 6.54 Å². The zero-order chi connectivity index (χ0) is 11.8. The van der Waals surface area contributed by atoms with Gasteiger partial charge in [-0.25, -0.2) is 0 Å². The number of aromatic nitrogens is 1. The molecule has 0 unspecified atom stereocenters. The molecule has 94 valence electrons. The number of nitrogens with zero attached hydrogens (tertiary/aromatic N) is 1.